The molecule has 1 heterocycles. The molecular formula is C27H25N3O3S. The van der Waals surface area contributed by atoms with Gasteiger partial charge in [0.05, 0.1) is 11.7 Å². The van der Waals surface area contributed by atoms with Gasteiger partial charge in [-0.25, -0.2) is 4.98 Å². The van der Waals surface area contributed by atoms with Crippen LogP contribution in [0.2, 0.25) is 0 Å². The van der Waals surface area contributed by atoms with Gasteiger partial charge in [-0.2, -0.15) is 0 Å². The number of hydrogen-bond acceptors (Lipinski definition) is 5. The summed E-state index contributed by atoms with van der Waals surface area (Å²) in [5.74, 6) is 0.320. The van der Waals surface area contributed by atoms with Crippen molar-refractivity contribution in [3.63, 3.8) is 0 Å². The second-order valence-electron chi connectivity index (χ2n) is 7.84. The van der Waals surface area contributed by atoms with Crippen LogP contribution in [0.15, 0.2) is 84.2 Å². The second kappa shape index (κ2) is 10.8. The number of amides is 2. The molecule has 7 heteroatoms. The molecular weight excluding hydrogens is 446 g/mol. The smallest absolute Gasteiger partial charge is 0.257 e. The molecule has 3 aromatic carbocycles. The molecule has 0 aliphatic rings. The number of aromatic nitrogens is 1. The van der Waals surface area contributed by atoms with Crippen molar-refractivity contribution in [3.8, 4) is 17.0 Å². The summed E-state index contributed by atoms with van der Waals surface area (Å²) in [6, 6.07) is 24.8. The number of hydrogen-bond donors (Lipinski definition) is 2. The number of nitrogens with one attached hydrogen (secondary N) is 2. The number of rotatable bonds is 8. The first kappa shape index (κ1) is 23.2. The molecule has 0 saturated heterocycles. The maximum Gasteiger partial charge on any atom is 0.257 e. The van der Waals surface area contributed by atoms with Crippen LogP contribution in [0.5, 0.6) is 5.75 Å². The van der Waals surface area contributed by atoms with Crippen molar-refractivity contribution in [2.75, 3.05) is 5.32 Å². The Labute approximate surface area is 202 Å². The van der Waals surface area contributed by atoms with Gasteiger partial charge in [0.25, 0.3) is 5.91 Å². The molecule has 0 spiro atoms. The lowest BCUT2D eigenvalue weighted by Gasteiger charge is -2.13. The number of nitrogens with zero attached hydrogens (tertiary/aromatic N) is 1. The average Bonchev–Trinajstić information content (AvgIpc) is 3.32. The van der Waals surface area contributed by atoms with E-state index >= 15 is 0 Å². The fourth-order valence-corrected chi connectivity index (χ4v) is 4.15. The number of thiazole rings is 1. The van der Waals surface area contributed by atoms with Gasteiger partial charge in [-0.1, -0.05) is 60.7 Å². The summed E-state index contributed by atoms with van der Waals surface area (Å²) < 4.78 is 5.83. The Morgan fingerprint density at radius 1 is 1.00 bits per heavy atom. The number of carbonyl (C=O) groups is 2. The van der Waals surface area contributed by atoms with Crippen molar-refractivity contribution in [2.45, 2.75) is 26.5 Å². The van der Waals surface area contributed by atoms with Gasteiger partial charge in [-0.3, -0.25) is 14.9 Å². The Hall–Kier alpha value is -3.97. The van der Waals surface area contributed by atoms with Crippen LogP contribution in [0.4, 0.5) is 5.13 Å². The van der Waals surface area contributed by atoms with Gasteiger partial charge in [-0.15, -0.1) is 11.3 Å². The van der Waals surface area contributed by atoms with Crippen molar-refractivity contribution in [2.24, 2.45) is 0 Å². The molecule has 0 radical (unpaired) electrons. The summed E-state index contributed by atoms with van der Waals surface area (Å²) in [4.78, 5) is 28.6. The Bertz CT molecular complexity index is 1270. The van der Waals surface area contributed by atoms with Crippen LogP contribution in [-0.4, -0.2) is 16.8 Å². The van der Waals surface area contributed by atoms with Gasteiger partial charge in [0.15, 0.2) is 5.13 Å². The van der Waals surface area contributed by atoms with E-state index in [4.69, 9.17) is 4.74 Å². The van der Waals surface area contributed by atoms with Crippen LogP contribution in [-0.2, 0) is 11.4 Å². The predicted molar refractivity (Wildman–Crippen MR) is 135 cm³/mol. The SMILES string of the molecule is CC(=O)NC(C)c1ccc(-c2csc(NC(=O)c3cccc(OCc4ccccc4)c3)n2)cc1. The molecule has 0 aliphatic carbocycles. The minimum atomic E-state index is -0.245. The van der Waals surface area contributed by atoms with E-state index in [1.807, 2.05) is 73.0 Å². The van der Waals surface area contributed by atoms with Gasteiger partial charge in [0, 0.05) is 23.4 Å². The topological polar surface area (TPSA) is 80.3 Å². The highest BCUT2D eigenvalue weighted by atomic mass is 32.1. The summed E-state index contributed by atoms with van der Waals surface area (Å²) >= 11 is 1.37. The van der Waals surface area contributed by atoms with Crippen LogP contribution in [0.1, 0.15) is 41.4 Å². The minimum absolute atomic E-state index is 0.0650. The summed E-state index contributed by atoms with van der Waals surface area (Å²) in [5.41, 5.74) is 4.28. The van der Waals surface area contributed by atoms with E-state index in [0.717, 1.165) is 22.4 Å². The van der Waals surface area contributed by atoms with Crippen LogP contribution in [0.3, 0.4) is 0 Å². The number of anilines is 1. The normalized spacial score (nSPS) is 11.5. The molecule has 2 amide bonds. The van der Waals surface area contributed by atoms with Crippen molar-refractivity contribution in [3.05, 3.63) is 101 Å². The number of ether oxygens (including phenoxy) is 1. The third-order valence-corrected chi connectivity index (χ3v) is 5.95. The van der Waals surface area contributed by atoms with Crippen LogP contribution in [0, 0.1) is 0 Å². The third-order valence-electron chi connectivity index (χ3n) is 5.20. The maximum absolute atomic E-state index is 12.8. The van der Waals surface area contributed by atoms with E-state index in [9.17, 15) is 9.59 Å². The Balaban J connectivity index is 1.38. The predicted octanol–water partition coefficient (Wildman–Crippen LogP) is 5.84. The van der Waals surface area contributed by atoms with Crippen molar-refractivity contribution in [1.29, 1.82) is 0 Å². The zero-order chi connectivity index (χ0) is 23.9. The summed E-state index contributed by atoms with van der Waals surface area (Å²) in [6.45, 7) is 3.88. The molecule has 0 aliphatic heterocycles. The lowest BCUT2D eigenvalue weighted by molar-refractivity contribution is -0.119. The number of benzene rings is 3. The second-order valence-corrected chi connectivity index (χ2v) is 8.70. The van der Waals surface area contributed by atoms with E-state index in [1.165, 1.54) is 18.3 Å². The minimum Gasteiger partial charge on any atom is -0.489 e. The molecule has 6 nitrogen and oxygen atoms in total. The highest BCUT2D eigenvalue weighted by Gasteiger charge is 2.12. The lowest BCUT2D eigenvalue weighted by Crippen LogP contribution is -2.23. The van der Waals surface area contributed by atoms with E-state index in [1.54, 1.807) is 18.2 Å². The molecule has 4 rings (SSSR count). The van der Waals surface area contributed by atoms with Gasteiger partial charge in [0.1, 0.15) is 12.4 Å². The molecule has 1 unspecified atom stereocenters. The van der Waals surface area contributed by atoms with E-state index in [0.29, 0.717) is 23.1 Å². The average molecular weight is 472 g/mol. The first-order valence-corrected chi connectivity index (χ1v) is 11.8. The van der Waals surface area contributed by atoms with Crippen LogP contribution < -0.4 is 15.4 Å². The molecule has 0 saturated carbocycles. The van der Waals surface area contributed by atoms with Crippen molar-refractivity contribution < 1.29 is 14.3 Å². The van der Waals surface area contributed by atoms with Gasteiger partial charge in [-0.05, 0) is 36.2 Å². The van der Waals surface area contributed by atoms with Crippen molar-refractivity contribution >= 4 is 28.3 Å². The third kappa shape index (κ3) is 6.08. The van der Waals surface area contributed by atoms with Crippen LogP contribution in [0.25, 0.3) is 11.3 Å². The van der Waals surface area contributed by atoms with E-state index in [2.05, 4.69) is 15.6 Å². The first-order valence-electron chi connectivity index (χ1n) is 10.9. The molecule has 1 aromatic heterocycles. The fraction of sp³-hybridized carbons (Fsp3) is 0.148. The molecule has 4 aromatic rings. The Morgan fingerprint density at radius 3 is 2.50 bits per heavy atom. The van der Waals surface area contributed by atoms with Gasteiger partial charge in [0.2, 0.25) is 5.91 Å². The Kier molecular flexibility index (Phi) is 7.34. The molecule has 0 fully saturated rings. The molecule has 2 N–H and O–H groups in total. The highest BCUT2D eigenvalue weighted by molar-refractivity contribution is 7.14. The van der Waals surface area contributed by atoms with E-state index in [-0.39, 0.29) is 17.9 Å². The van der Waals surface area contributed by atoms with Gasteiger partial charge >= 0.3 is 0 Å². The fourth-order valence-electron chi connectivity index (χ4n) is 3.43. The summed E-state index contributed by atoms with van der Waals surface area (Å²) in [7, 11) is 0. The Morgan fingerprint density at radius 2 is 1.76 bits per heavy atom. The highest BCUT2D eigenvalue weighted by Crippen LogP contribution is 2.27. The van der Waals surface area contributed by atoms with Crippen LogP contribution >= 0.6 is 11.3 Å². The number of carbonyl (C=O) groups excluding carboxylic acids is 2. The zero-order valence-electron chi connectivity index (χ0n) is 18.9. The molecule has 0 bridgehead atoms. The summed E-state index contributed by atoms with van der Waals surface area (Å²) in [5, 5.41) is 8.16. The lowest BCUT2D eigenvalue weighted by atomic mass is 10.1. The molecule has 172 valence electrons. The zero-order valence-corrected chi connectivity index (χ0v) is 19.8. The molecule has 1 atom stereocenters. The maximum atomic E-state index is 12.8. The standard InChI is InChI=1S/C27H25N3O3S/c1-18(28-19(2)31)21-11-13-22(14-12-21)25-17-34-27(29-25)30-26(32)23-9-6-10-24(15-23)33-16-20-7-4-3-5-8-20/h3-15,17-18H,16H2,1-2H3,(H,28,31)(H,29,30,32). The van der Waals surface area contributed by atoms with Crippen molar-refractivity contribution in [1.82, 2.24) is 10.3 Å². The quantitative estimate of drug-likeness (QED) is 0.338. The monoisotopic (exact) mass is 471 g/mol. The molecule has 34 heavy (non-hydrogen) atoms. The van der Waals surface area contributed by atoms with Gasteiger partial charge < -0.3 is 10.1 Å². The summed E-state index contributed by atoms with van der Waals surface area (Å²) in [6.07, 6.45) is 0. The largest absolute Gasteiger partial charge is 0.489 e. The van der Waals surface area contributed by atoms with E-state index < -0.39 is 0 Å². The first-order chi connectivity index (χ1) is 16.5.